The number of imidazole rings is 1. The standard InChI is InChI=1S/C26H32N4O4S/c1-2-12-30-24-9-8-22(35(32,33)29-13-15-34-16-14-29)18-23(24)28-25(30)10-11-26(31)27-21-7-6-19-4-3-5-20(19)17-21/h6-9,17-18H,2-5,10-16H2,1H3,(H,27,31). The molecular formula is C26H32N4O4S. The lowest BCUT2D eigenvalue weighted by molar-refractivity contribution is -0.116. The highest BCUT2D eigenvalue weighted by atomic mass is 32.2. The summed E-state index contributed by atoms with van der Waals surface area (Å²) in [6.07, 6.45) is 5.07. The van der Waals surface area contributed by atoms with Gasteiger partial charge in [0.25, 0.3) is 0 Å². The Hall–Kier alpha value is -2.75. The third-order valence-corrected chi connectivity index (χ3v) is 8.71. The summed E-state index contributed by atoms with van der Waals surface area (Å²) < 4.78 is 35.0. The molecule has 0 unspecified atom stereocenters. The van der Waals surface area contributed by atoms with E-state index in [2.05, 4.69) is 28.9 Å². The number of amides is 1. The third kappa shape index (κ3) is 4.98. The number of anilines is 1. The second-order valence-corrected chi connectivity index (χ2v) is 11.2. The second-order valence-electron chi connectivity index (χ2n) is 9.23. The first-order valence-corrected chi connectivity index (χ1v) is 13.9. The largest absolute Gasteiger partial charge is 0.379 e. The molecule has 0 atom stereocenters. The van der Waals surface area contributed by atoms with E-state index in [0.717, 1.165) is 42.8 Å². The first-order valence-electron chi connectivity index (χ1n) is 12.4. The topological polar surface area (TPSA) is 93.5 Å². The lowest BCUT2D eigenvalue weighted by Crippen LogP contribution is -2.40. The highest BCUT2D eigenvalue weighted by Gasteiger charge is 2.27. The maximum atomic E-state index is 13.1. The fourth-order valence-corrected chi connectivity index (χ4v) is 6.45. The van der Waals surface area contributed by atoms with Crippen LogP contribution in [-0.4, -0.2) is 54.5 Å². The molecule has 1 amide bonds. The Morgan fingerprint density at radius 1 is 1.09 bits per heavy atom. The van der Waals surface area contributed by atoms with Gasteiger partial charge in [-0.15, -0.1) is 0 Å². The highest BCUT2D eigenvalue weighted by molar-refractivity contribution is 7.89. The van der Waals surface area contributed by atoms with E-state index in [-0.39, 0.29) is 10.8 Å². The van der Waals surface area contributed by atoms with Crippen LogP contribution in [0.3, 0.4) is 0 Å². The van der Waals surface area contributed by atoms with Gasteiger partial charge in [-0.1, -0.05) is 13.0 Å². The quantitative estimate of drug-likeness (QED) is 0.515. The minimum Gasteiger partial charge on any atom is -0.379 e. The normalized spacial score (nSPS) is 16.5. The number of aryl methyl sites for hydroxylation is 4. The SMILES string of the molecule is CCCn1c(CCC(=O)Nc2ccc3c(c2)CCC3)nc2cc(S(=O)(=O)N3CCOCC3)ccc21. The summed E-state index contributed by atoms with van der Waals surface area (Å²) in [7, 11) is -3.59. The van der Waals surface area contributed by atoms with Gasteiger partial charge < -0.3 is 14.6 Å². The van der Waals surface area contributed by atoms with Crippen LogP contribution in [0.1, 0.15) is 43.1 Å². The van der Waals surface area contributed by atoms with Crippen molar-refractivity contribution >= 4 is 32.7 Å². The van der Waals surface area contributed by atoms with Gasteiger partial charge in [0.2, 0.25) is 15.9 Å². The number of fused-ring (bicyclic) bond motifs is 2. The van der Waals surface area contributed by atoms with E-state index in [4.69, 9.17) is 9.72 Å². The van der Waals surface area contributed by atoms with Gasteiger partial charge in [-0.3, -0.25) is 4.79 Å². The van der Waals surface area contributed by atoms with E-state index in [1.807, 2.05) is 12.1 Å². The molecule has 1 N–H and O–H groups in total. The van der Waals surface area contributed by atoms with Crippen molar-refractivity contribution in [2.24, 2.45) is 0 Å². The fourth-order valence-electron chi connectivity index (χ4n) is 5.02. The molecule has 186 valence electrons. The second kappa shape index (κ2) is 10.1. The molecule has 2 aliphatic rings. The van der Waals surface area contributed by atoms with E-state index >= 15 is 0 Å². The molecule has 0 spiro atoms. The van der Waals surface area contributed by atoms with Crippen LogP contribution in [-0.2, 0) is 45.4 Å². The van der Waals surface area contributed by atoms with Crippen LogP contribution in [0.4, 0.5) is 5.69 Å². The third-order valence-electron chi connectivity index (χ3n) is 6.81. The van der Waals surface area contributed by atoms with Crippen molar-refractivity contribution < 1.29 is 17.9 Å². The van der Waals surface area contributed by atoms with E-state index in [9.17, 15) is 13.2 Å². The number of rotatable bonds is 8. The maximum absolute atomic E-state index is 13.1. The molecule has 2 heterocycles. The molecule has 1 saturated heterocycles. The number of ether oxygens (including phenoxy) is 1. The molecule has 5 rings (SSSR count). The number of nitrogens with zero attached hydrogens (tertiary/aromatic N) is 3. The number of benzene rings is 2. The van der Waals surface area contributed by atoms with E-state index in [1.165, 1.54) is 21.9 Å². The number of aromatic nitrogens is 2. The van der Waals surface area contributed by atoms with Crippen molar-refractivity contribution in [1.29, 1.82) is 0 Å². The Kier molecular flexibility index (Phi) is 6.91. The molecule has 1 aromatic heterocycles. The summed E-state index contributed by atoms with van der Waals surface area (Å²) in [5.74, 6) is 0.750. The lowest BCUT2D eigenvalue weighted by Gasteiger charge is -2.26. The number of nitrogens with one attached hydrogen (secondary N) is 1. The predicted molar refractivity (Wildman–Crippen MR) is 135 cm³/mol. The van der Waals surface area contributed by atoms with E-state index in [1.54, 1.807) is 12.1 Å². The zero-order valence-corrected chi connectivity index (χ0v) is 20.9. The van der Waals surface area contributed by atoms with Crippen LogP contribution in [0.5, 0.6) is 0 Å². The Balaban J connectivity index is 1.33. The van der Waals surface area contributed by atoms with Gasteiger partial charge in [0.05, 0.1) is 29.1 Å². The molecule has 1 aliphatic heterocycles. The molecule has 35 heavy (non-hydrogen) atoms. The number of morpholine rings is 1. The molecule has 2 aromatic carbocycles. The van der Waals surface area contributed by atoms with Crippen molar-refractivity contribution in [3.05, 3.63) is 53.3 Å². The fraction of sp³-hybridized carbons (Fsp3) is 0.462. The van der Waals surface area contributed by atoms with E-state index < -0.39 is 10.0 Å². The van der Waals surface area contributed by atoms with E-state index in [0.29, 0.717) is 44.7 Å². The monoisotopic (exact) mass is 496 g/mol. The summed E-state index contributed by atoms with van der Waals surface area (Å²) in [4.78, 5) is 17.7. The molecule has 9 heteroatoms. The minimum absolute atomic E-state index is 0.0476. The first-order chi connectivity index (χ1) is 17.0. The molecule has 0 bridgehead atoms. The van der Waals surface area contributed by atoms with Crippen LogP contribution in [0, 0.1) is 0 Å². The first kappa shape index (κ1) is 24.0. The molecular weight excluding hydrogens is 464 g/mol. The predicted octanol–water partition coefficient (Wildman–Crippen LogP) is 3.53. The molecule has 8 nitrogen and oxygen atoms in total. The van der Waals surface area contributed by atoms with Crippen LogP contribution in [0.15, 0.2) is 41.3 Å². The van der Waals surface area contributed by atoms with Gasteiger partial charge in [-0.25, -0.2) is 13.4 Å². The Bertz CT molecular complexity index is 1340. The number of hydrogen-bond acceptors (Lipinski definition) is 5. The molecule has 3 aromatic rings. The van der Waals surface area contributed by atoms with Crippen LogP contribution in [0.2, 0.25) is 0 Å². The summed E-state index contributed by atoms with van der Waals surface area (Å²) in [6.45, 7) is 4.38. The number of carbonyl (C=O) groups excluding carboxylic acids is 1. The van der Waals surface area contributed by atoms with Gasteiger partial charge >= 0.3 is 0 Å². The lowest BCUT2D eigenvalue weighted by atomic mass is 10.1. The molecule has 1 aliphatic carbocycles. The Morgan fingerprint density at radius 3 is 2.69 bits per heavy atom. The summed E-state index contributed by atoms with van der Waals surface area (Å²) in [6, 6.07) is 11.3. The Labute approximate surface area is 206 Å². The molecule has 1 fully saturated rings. The Morgan fingerprint density at radius 2 is 1.89 bits per heavy atom. The van der Waals surface area contributed by atoms with Gasteiger partial charge in [0.1, 0.15) is 5.82 Å². The van der Waals surface area contributed by atoms with Crippen molar-refractivity contribution in [3.8, 4) is 0 Å². The zero-order valence-electron chi connectivity index (χ0n) is 20.1. The van der Waals surface area contributed by atoms with Crippen LogP contribution in [0.25, 0.3) is 11.0 Å². The van der Waals surface area contributed by atoms with Crippen LogP contribution >= 0.6 is 0 Å². The molecule has 0 radical (unpaired) electrons. The van der Waals surface area contributed by atoms with Gasteiger partial charge in [0, 0.05) is 38.2 Å². The molecule has 0 saturated carbocycles. The van der Waals surface area contributed by atoms with Crippen LogP contribution < -0.4 is 5.32 Å². The summed E-state index contributed by atoms with van der Waals surface area (Å²) >= 11 is 0. The average molecular weight is 497 g/mol. The smallest absolute Gasteiger partial charge is 0.243 e. The number of hydrogen-bond donors (Lipinski definition) is 1. The number of sulfonamides is 1. The van der Waals surface area contributed by atoms with Crippen molar-refractivity contribution in [2.45, 2.75) is 56.9 Å². The van der Waals surface area contributed by atoms with Crippen molar-refractivity contribution in [1.82, 2.24) is 13.9 Å². The van der Waals surface area contributed by atoms with Gasteiger partial charge in [-0.05, 0) is 67.1 Å². The summed E-state index contributed by atoms with van der Waals surface area (Å²) in [5, 5.41) is 3.02. The van der Waals surface area contributed by atoms with Crippen molar-refractivity contribution in [2.75, 3.05) is 31.6 Å². The highest BCUT2D eigenvalue weighted by Crippen LogP contribution is 2.26. The minimum atomic E-state index is -3.59. The van der Waals surface area contributed by atoms with Gasteiger partial charge in [0.15, 0.2) is 0 Å². The zero-order chi connectivity index (χ0) is 24.4. The van der Waals surface area contributed by atoms with Crippen molar-refractivity contribution in [3.63, 3.8) is 0 Å². The van der Waals surface area contributed by atoms with Gasteiger partial charge in [-0.2, -0.15) is 4.31 Å². The average Bonchev–Trinajstić information content (AvgIpc) is 3.47. The number of carbonyl (C=O) groups is 1. The summed E-state index contributed by atoms with van der Waals surface area (Å²) in [5.41, 5.74) is 5.08. The maximum Gasteiger partial charge on any atom is 0.243 e.